The van der Waals surface area contributed by atoms with Crippen molar-refractivity contribution in [1.82, 2.24) is 41.9 Å². The molecule has 1 heterocycles. The second kappa shape index (κ2) is 57.7. The number of unbranched alkanes of at least 4 members (excludes halogenated alkanes) is 14. The first kappa shape index (κ1) is 80.3. The number of imidazole rings is 1. The first-order valence-electron chi connectivity index (χ1n) is 31.6. The number of Topliss-reactive ketones (excluding diaryl/α,β-unsaturated/α-hetero) is 1. The third kappa shape index (κ3) is 53.3. The average molecular weight is 1260 g/mol. The number of ether oxygens (including phenoxy) is 8. The molecule has 0 radical (unpaired) electrons. The molecule has 0 bridgehead atoms. The van der Waals surface area contributed by atoms with Gasteiger partial charge >= 0.3 is 11.9 Å². The number of ketones is 1. The second-order valence-corrected chi connectivity index (χ2v) is 21.4. The van der Waals surface area contributed by atoms with Crippen LogP contribution < -0.4 is 37.6 Å². The van der Waals surface area contributed by atoms with E-state index in [1.54, 1.807) is 12.5 Å². The maximum Gasteiger partial charge on any atom is 0.326 e. The number of carboxylic acid groups (broad SMARTS) is 2. The van der Waals surface area contributed by atoms with Crippen molar-refractivity contribution in [2.45, 2.75) is 167 Å². The van der Waals surface area contributed by atoms with E-state index in [-0.39, 0.29) is 205 Å². The number of hydrogen-bond acceptors (Lipinski definition) is 19. The minimum Gasteiger partial charge on any atom is -0.481 e. The van der Waals surface area contributed by atoms with Crippen molar-refractivity contribution in [3.8, 4) is 0 Å². The minimum atomic E-state index is -1.19. The van der Waals surface area contributed by atoms with E-state index < -0.39 is 24.0 Å². The van der Waals surface area contributed by atoms with Crippen LogP contribution in [0.1, 0.15) is 154 Å². The summed E-state index contributed by atoms with van der Waals surface area (Å²) in [6.07, 6.45) is 21.9. The molecule has 0 unspecified atom stereocenters. The maximum absolute atomic E-state index is 12.4. The number of carbonyl (C=O) groups excluding carboxylic acids is 7. The molecule has 11 N–H and O–H groups in total. The Morgan fingerprint density at radius 3 is 1.24 bits per heavy atom. The first-order valence-corrected chi connectivity index (χ1v) is 31.6. The highest BCUT2D eigenvalue weighted by Gasteiger charge is 2.21. The van der Waals surface area contributed by atoms with Crippen LogP contribution in [0.25, 0.3) is 0 Å². The van der Waals surface area contributed by atoms with Crippen LogP contribution in [0.2, 0.25) is 0 Å². The number of hydrogen-bond donors (Lipinski definition) is 10. The van der Waals surface area contributed by atoms with Crippen molar-refractivity contribution in [2.75, 3.05) is 138 Å². The molecular weight excluding hydrogens is 1150 g/mol. The fraction of sp³-hybridized carbons (Fsp3) is 0.800. The average Bonchev–Trinajstić information content (AvgIpc) is 4.02. The summed E-state index contributed by atoms with van der Waals surface area (Å²) in [6.45, 7) is 5.38. The van der Waals surface area contributed by atoms with Crippen LogP contribution in [-0.4, -0.2) is 224 Å². The number of nitrogens with two attached hydrogens (primary N) is 1. The zero-order valence-electron chi connectivity index (χ0n) is 52.4. The molecule has 0 aliphatic heterocycles. The highest BCUT2D eigenvalue weighted by Crippen LogP contribution is 2.16. The Bertz CT molecular complexity index is 1990. The van der Waals surface area contributed by atoms with Gasteiger partial charge in [-0.05, 0) is 31.6 Å². The van der Waals surface area contributed by atoms with Crippen LogP contribution in [0.4, 0.5) is 0 Å². The summed E-state index contributed by atoms with van der Waals surface area (Å²) in [7, 11) is 0. The molecule has 0 saturated heterocycles. The Labute approximate surface area is 519 Å². The van der Waals surface area contributed by atoms with Gasteiger partial charge in [0, 0.05) is 76.7 Å². The molecule has 28 heteroatoms. The predicted octanol–water partition coefficient (Wildman–Crippen LogP) is 2.43. The largest absolute Gasteiger partial charge is 0.481 e. The van der Waals surface area contributed by atoms with Crippen molar-refractivity contribution in [1.29, 1.82) is 0 Å². The van der Waals surface area contributed by atoms with Crippen LogP contribution in [-0.2, 0) is 87.5 Å². The van der Waals surface area contributed by atoms with Crippen molar-refractivity contribution >= 4 is 53.2 Å². The van der Waals surface area contributed by atoms with Gasteiger partial charge in [-0.2, -0.15) is 0 Å². The fourth-order valence-electron chi connectivity index (χ4n) is 8.55. The van der Waals surface area contributed by atoms with E-state index >= 15 is 0 Å². The lowest BCUT2D eigenvalue weighted by atomic mass is 9.94. The van der Waals surface area contributed by atoms with Gasteiger partial charge in [-0.3, -0.25) is 38.4 Å². The predicted molar refractivity (Wildman–Crippen MR) is 325 cm³/mol. The number of amides is 6. The summed E-state index contributed by atoms with van der Waals surface area (Å²) in [5, 5.41) is 34.2. The van der Waals surface area contributed by atoms with Gasteiger partial charge in [0.25, 0.3) is 0 Å². The SMILES string of the molecule is C[C@H](CCCCNC(=O)COCCOCCNC(=O)COCCOCCNC(=O)COCCOCCNC(=O)COCCOCCNC(=O)CC[C@H](NC(=O)CCCCCCCCCCCCCCCCC(=O)O)C(=O)O)CC(=O)[C@@H](N)Cc1cnc[nH]1. The van der Waals surface area contributed by atoms with Crippen molar-refractivity contribution in [3.63, 3.8) is 0 Å². The van der Waals surface area contributed by atoms with E-state index in [1.807, 2.05) is 6.92 Å². The molecule has 0 aliphatic rings. The van der Waals surface area contributed by atoms with Crippen LogP contribution in [0.15, 0.2) is 12.5 Å². The van der Waals surface area contributed by atoms with Gasteiger partial charge in [-0.15, -0.1) is 0 Å². The first-order chi connectivity index (χ1) is 42.7. The van der Waals surface area contributed by atoms with E-state index in [0.717, 1.165) is 69.9 Å². The monoisotopic (exact) mass is 1260 g/mol. The normalized spacial score (nSPS) is 12.2. The summed E-state index contributed by atoms with van der Waals surface area (Å²) in [6, 6.07) is -1.71. The number of aromatic amines is 1. The van der Waals surface area contributed by atoms with Crippen LogP contribution >= 0.6 is 0 Å². The molecule has 0 spiro atoms. The van der Waals surface area contributed by atoms with Crippen LogP contribution in [0.5, 0.6) is 0 Å². The van der Waals surface area contributed by atoms with Gasteiger partial charge in [0.2, 0.25) is 35.4 Å². The zero-order valence-corrected chi connectivity index (χ0v) is 52.4. The van der Waals surface area contributed by atoms with Crippen molar-refractivity contribution in [2.24, 2.45) is 11.7 Å². The molecular formula is C60H107N9O19. The fourth-order valence-corrected chi connectivity index (χ4v) is 8.55. The Morgan fingerprint density at radius 1 is 0.455 bits per heavy atom. The molecule has 6 amide bonds. The molecule has 28 nitrogen and oxygen atoms in total. The highest BCUT2D eigenvalue weighted by atomic mass is 16.5. The van der Waals surface area contributed by atoms with Crippen LogP contribution in [0, 0.1) is 5.92 Å². The van der Waals surface area contributed by atoms with E-state index in [2.05, 4.69) is 41.9 Å². The molecule has 506 valence electrons. The number of aliphatic carboxylic acids is 2. The molecule has 88 heavy (non-hydrogen) atoms. The minimum absolute atomic E-state index is 0.0286. The topological polar surface area (TPSA) is 395 Å². The molecule has 1 rings (SSSR count). The molecule has 0 saturated carbocycles. The lowest BCUT2D eigenvalue weighted by molar-refractivity contribution is -0.142. The van der Waals surface area contributed by atoms with Crippen molar-refractivity contribution < 1.29 is 91.3 Å². The third-order valence-electron chi connectivity index (χ3n) is 13.4. The van der Waals surface area contributed by atoms with Crippen LogP contribution in [0.3, 0.4) is 0 Å². The number of aromatic nitrogens is 2. The number of rotatable bonds is 64. The summed E-state index contributed by atoms with van der Waals surface area (Å²) in [5.41, 5.74) is 6.87. The number of nitrogens with one attached hydrogen (secondary N) is 7. The quantitative estimate of drug-likeness (QED) is 0.0419. The van der Waals surface area contributed by atoms with Gasteiger partial charge in [0.05, 0.1) is 91.7 Å². The van der Waals surface area contributed by atoms with Gasteiger partial charge in [0.15, 0.2) is 0 Å². The lowest BCUT2D eigenvalue weighted by Crippen LogP contribution is -2.41. The lowest BCUT2D eigenvalue weighted by Gasteiger charge is -2.14. The van der Waals surface area contributed by atoms with Gasteiger partial charge in [-0.25, -0.2) is 9.78 Å². The molecule has 1 aromatic rings. The molecule has 0 aliphatic carbocycles. The van der Waals surface area contributed by atoms with Gasteiger partial charge in [-0.1, -0.05) is 96.8 Å². The standard InChI is InChI=1S/C60H107N9O19/c1-48(40-52(70)50(61)41-49-42-62-47-68-49)18-16-17-23-63-55(73)43-85-36-33-82-29-25-65-57(75)45-87-38-35-84-31-27-67-58(76)46-88-39-34-83-30-26-66-56(74)44-86-37-32-81-28-24-64-53(71)22-21-51(60(79)80)69-54(72)19-14-12-10-8-6-4-2-3-5-7-9-11-13-15-20-59(77)78/h42,47-48,50-51H,2-41,43-46,61H2,1H3,(H,62,68)(H,63,73)(H,64,71)(H,65,75)(H,66,74)(H,67,76)(H,69,72)(H,77,78)(H,79,80)/t48-,50+,51+/m1/s1. The Hall–Kier alpha value is -5.72. The Balaban J connectivity index is 1.84. The Kier molecular flexibility index (Phi) is 52.6. The molecule has 3 atom stereocenters. The summed E-state index contributed by atoms with van der Waals surface area (Å²) in [4.78, 5) is 114. The van der Waals surface area contributed by atoms with E-state index in [9.17, 15) is 48.3 Å². The molecule has 0 fully saturated rings. The summed E-state index contributed by atoms with van der Waals surface area (Å²) in [5.74, 6) is -3.61. The number of nitrogens with zero attached hydrogens (tertiary/aromatic N) is 1. The Morgan fingerprint density at radius 2 is 0.841 bits per heavy atom. The third-order valence-corrected chi connectivity index (χ3v) is 13.4. The van der Waals surface area contributed by atoms with E-state index in [1.165, 1.54) is 38.5 Å². The molecule has 1 aromatic heterocycles. The van der Waals surface area contributed by atoms with Crippen molar-refractivity contribution in [3.05, 3.63) is 18.2 Å². The number of carboxylic acids is 2. The van der Waals surface area contributed by atoms with Gasteiger partial charge < -0.3 is 90.7 Å². The summed E-state index contributed by atoms with van der Waals surface area (Å²) >= 11 is 0. The smallest absolute Gasteiger partial charge is 0.326 e. The maximum atomic E-state index is 12.4. The molecule has 0 aromatic carbocycles. The summed E-state index contributed by atoms with van der Waals surface area (Å²) < 4.78 is 42.9. The highest BCUT2D eigenvalue weighted by molar-refractivity contribution is 5.85. The van der Waals surface area contributed by atoms with Gasteiger partial charge in [0.1, 0.15) is 38.3 Å². The second-order valence-electron chi connectivity index (χ2n) is 21.4. The number of carbonyl (C=O) groups is 9. The number of H-pyrrole nitrogens is 1. The van der Waals surface area contributed by atoms with E-state index in [4.69, 9.17) is 48.7 Å². The zero-order chi connectivity index (χ0) is 64.3. The van der Waals surface area contributed by atoms with E-state index in [0.29, 0.717) is 25.8 Å².